The highest BCUT2D eigenvalue weighted by Crippen LogP contribution is 2.20. The molecule has 1 aromatic carbocycles. The third kappa shape index (κ3) is 3.10. The van der Waals surface area contributed by atoms with Gasteiger partial charge in [0.1, 0.15) is 18.4 Å². The van der Waals surface area contributed by atoms with Crippen molar-refractivity contribution in [3.63, 3.8) is 0 Å². The van der Waals surface area contributed by atoms with Gasteiger partial charge in [-0.05, 0) is 30.5 Å². The molecule has 0 bridgehead atoms. The lowest BCUT2D eigenvalue weighted by Gasteiger charge is -2.33. The highest BCUT2D eigenvalue weighted by molar-refractivity contribution is 6.06. The van der Waals surface area contributed by atoms with Crippen molar-refractivity contribution in [2.24, 2.45) is 5.92 Å². The van der Waals surface area contributed by atoms with Crippen LogP contribution in [-0.4, -0.2) is 24.4 Å². The number of rotatable bonds is 3. The average molecular weight is 264 g/mol. The van der Waals surface area contributed by atoms with E-state index >= 15 is 0 Å². The van der Waals surface area contributed by atoms with E-state index in [4.69, 9.17) is 0 Å². The second-order valence-electron chi connectivity index (χ2n) is 5.15. The smallest absolute Gasteiger partial charge is 0.250 e. The second kappa shape index (κ2) is 5.38. The van der Waals surface area contributed by atoms with Crippen LogP contribution in [0, 0.1) is 11.7 Å². The van der Waals surface area contributed by atoms with Crippen molar-refractivity contribution in [3.8, 4) is 0 Å². The Morgan fingerprint density at radius 2 is 2.16 bits per heavy atom. The van der Waals surface area contributed by atoms with E-state index in [1.54, 1.807) is 6.07 Å². The Morgan fingerprint density at radius 3 is 2.79 bits per heavy atom. The molecule has 0 radical (unpaired) electrons. The standard InChI is InChI=1S/C14H17FN2O2/c1-9(2)6-12-14(19)17(8-13(18)16-12)11-5-3-4-10(15)7-11/h3-5,7,9,12H,6,8H2,1-2H3,(H,16,18). The zero-order valence-electron chi connectivity index (χ0n) is 11.0. The van der Waals surface area contributed by atoms with E-state index in [9.17, 15) is 14.0 Å². The van der Waals surface area contributed by atoms with Gasteiger partial charge in [0.05, 0.1) is 0 Å². The minimum Gasteiger partial charge on any atom is -0.343 e. The van der Waals surface area contributed by atoms with E-state index in [1.807, 2.05) is 13.8 Å². The first-order chi connectivity index (χ1) is 8.97. The van der Waals surface area contributed by atoms with Crippen molar-refractivity contribution in [3.05, 3.63) is 30.1 Å². The van der Waals surface area contributed by atoms with Gasteiger partial charge in [-0.25, -0.2) is 4.39 Å². The molecule has 4 nitrogen and oxygen atoms in total. The Bertz CT molecular complexity index is 502. The number of hydrogen-bond acceptors (Lipinski definition) is 2. The summed E-state index contributed by atoms with van der Waals surface area (Å²) in [4.78, 5) is 25.3. The highest BCUT2D eigenvalue weighted by Gasteiger charge is 2.33. The number of benzene rings is 1. The molecule has 1 N–H and O–H groups in total. The van der Waals surface area contributed by atoms with Gasteiger partial charge < -0.3 is 10.2 Å². The van der Waals surface area contributed by atoms with Gasteiger partial charge in [0, 0.05) is 5.69 Å². The molecule has 1 unspecified atom stereocenters. The van der Waals surface area contributed by atoms with Crippen molar-refractivity contribution >= 4 is 17.5 Å². The lowest BCUT2D eigenvalue weighted by Crippen LogP contribution is -2.58. The van der Waals surface area contributed by atoms with Gasteiger partial charge in [0.25, 0.3) is 0 Å². The quantitative estimate of drug-likeness (QED) is 0.903. The van der Waals surface area contributed by atoms with E-state index in [0.29, 0.717) is 18.0 Å². The molecule has 1 aliphatic rings. The maximum atomic E-state index is 13.2. The Balaban J connectivity index is 2.24. The Morgan fingerprint density at radius 1 is 1.42 bits per heavy atom. The van der Waals surface area contributed by atoms with Crippen molar-refractivity contribution in [2.75, 3.05) is 11.4 Å². The maximum absolute atomic E-state index is 13.2. The summed E-state index contributed by atoms with van der Waals surface area (Å²) in [5.41, 5.74) is 0.425. The van der Waals surface area contributed by atoms with Crippen molar-refractivity contribution < 1.29 is 14.0 Å². The first kappa shape index (κ1) is 13.5. The number of anilines is 1. The van der Waals surface area contributed by atoms with Crippen LogP contribution in [0.1, 0.15) is 20.3 Å². The SMILES string of the molecule is CC(C)CC1NC(=O)CN(c2cccc(F)c2)C1=O. The lowest BCUT2D eigenvalue weighted by molar-refractivity contribution is -0.131. The summed E-state index contributed by atoms with van der Waals surface area (Å²) in [5, 5.41) is 2.69. The topological polar surface area (TPSA) is 49.4 Å². The number of hydrogen-bond donors (Lipinski definition) is 1. The van der Waals surface area contributed by atoms with Gasteiger partial charge >= 0.3 is 0 Å². The fourth-order valence-electron chi connectivity index (χ4n) is 2.21. The van der Waals surface area contributed by atoms with E-state index < -0.39 is 11.9 Å². The summed E-state index contributed by atoms with van der Waals surface area (Å²) >= 11 is 0. The first-order valence-corrected chi connectivity index (χ1v) is 6.33. The summed E-state index contributed by atoms with van der Waals surface area (Å²) in [7, 11) is 0. The van der Waals surface area contributed by atoms with Crippen LogP contribution in [0.3, 0.4) is 0 Å². The molecular formula is C14H17FN2O2. The molecule has 0 aromatic heterocycles. The molecule has 1 atom stereocenters. The largest absolute Gasteiger partial charge is 0.343 e. The Kier molecular flexibility index (Phi) is 3.83. The number of piperazine rings is 1. The van der Waals surface area contributed by atoms with E-state index in [-0.39, 0.29) is 18.4 Å². The van der Waals surface area contributed by atoms with Gasteiger partial charge in [-0.3, -0.25) is 9.59 Å². The average Bonchev–Trinajstić information content (AvgIpc) is 2.32. The van der Waals surface area contributed by atoms with Crippen LogP contribution in [0.25, 0.3) is 0 Å². The molecular weight excluding hydrogens is 247 g/mol. The highest BCUT2D eigenvalue weighted by atomic mass is 19.1. The number of nitrogens with one attached hydrogen (secondary N) is 1. The fourth-order valence-corrected chi connectivity index (χ4v) is 2.21. The molecule has 1 saturated heterocycles. The van der Waals surface area contributed by atoms with Gasteiger partial charge in [0.15, 0.2) is 0 Å². The number of halogens is 1. The van der Waals surface area contributed by atoms with Crippen molar-refractivity contribution in [1.82, 2.24) is 5.32 Å². The third-order valence-electron chi connectivity index (χ3n) is 3.03. The van der Waals surface area contributed by atoms with E-state index in [1.165, 1.54) is 23.1 Å². The fraction of sp³-hybridized carbons (Fsp3) is 0.429. The molecule has 0 spiro atoms. The third-order valence-corrected chi connectivity index (χ3v) is 3.03. The molecule has 1 aliphatic heterocycles. The van der Waals surface area contributed by atoms with Crippen LogP contribution in [-0.2, 0) is 9.59 Å². The first-order valence-electron chi connectivity index (χ1n) is 6.33. The summed E-state index contributed by atoms with van der Waals surface area (Å²) in [6.45, 7) is 3.91. The van der Waals surface area contributed by atoms with Crippen LogP contribution in [0.4, 0.5) is 10.1 Å². The minimum absolute atomic E-state index is 0.0586. The molecule has 1 heterocycles. The van der Waals surface area contributed by atoms with Crippen LogP contribution < -0.4 is 10.2 Å². The monoisotopic (exact) mass is 264 g/mol. The zero-order valence-corrected chi connectivity index (χ0v) is 11.0. The Hall–Kier alpha value is -1.91. The zero-order chi connectivity index (χ0) is 14.0. The van der Waals surface area contributed by atoms with Crippen LogP contribution in [0.5, 0.6) is 0 Å². The van der Waals surface area contributed by atoms with E-state index in [2.05, 4.69) is 5.32 Å². The number of carbonyl (C=O) groups excluding carboxylic acids is 2. The molecule has 1 aromatic rings. The molecule has 0 saturated carbocycles. The normalized spacial score (nSPS) is 19.8. The summed E-state index contributed by atoms with van der Waals surface area (Å²) in [5.74, 6) is -0.521. The molecule has 1 fully saturated rings. The van der Waals surface area contributed by atoms with Gasteiger partial charge in [-0.2, -0.15) is 0 Å². The van der Waals surface area contributed by atoms with Gasteiger partial charge in [-0.1, -0.05) is 19.9 Å². The molecule has 2 amide bonds. The summed E-state index contributed by atoms with van der Waals surface area (Å²) < 4.78 is 13.2. The molecule has 19 heavy (non-hydrogen) atoms. The molecule has 2 rings (SSSR count). The number of nitrogens with zero attached hydrogens (tertiary/aromatic N) is 1. The summed E-state index contributed by atoms with van der Waals surface area (Å²) in [6, 6.07) is 5.21. The number of carbonyl (C=O) groups is 2. The van der Waals surface area contributed by atoms with Crippen LogP contribution in [0.2, 0.25) is 0 Å². The van der Waals surface area contributed by atoms with Gasteiger partial charge in [0.2, 0.25) is 11.8 Å². The lowest BCUT2D eigenvalue weighted by atomic mass is 10.0. The summed E-state index contributed by atoms with van der Waals surface area (Å²) in [6.07, 6.45) is 0.580. The minimum atomic E-state index is -0.524. The van der Waals surface area contributed by atoms with Gasteiger partial charge in [-0.15, -0.1) is 0 Å². The Labute approximate surface area is 111 Å². The van der Waals surface area contributed by atoms with Crippen molar-refractivity contribution in [2.45, 2.75) is 26.3 Å². The molecule has 102 valence electrons. The molecule has 0 aliphatic carbocycles. The van der Waals surface area contributed by atoms with Crippen LogP contribution in [0.15, 0.2) is 24.3 Å². The van der Waals surface area contributed by atoms with E-state index in [0.717, 1.165) is 0 Å². The predicted molar refractivity (Wildman–Crippen MR) is 70.1 cm³/mol. The number of amides is 2. The predicted octanol–water partition coefficient (Wildman–Crippen LogP) is 1.70. The van der Waals surface area contributed by atoms with Crippen molar-refractivity contribution in [1.29, 1.82) is 0 Å². The second-order valence-corrected chi connectivity index (χ2v) is 5.15. The maximum Gasteiger partial charge on any atom is 0.250 e. The molecule has 5 heteroatoms. The van der Waals surface area contributed by atoms with Crippen LogP contribution >= 0.6 is 0 Å².